The molecule has 0 saturated heterocycles. The van der Waals surface area contributed by atoms with Crippen LogP contribution in [0.25, 0.3) is 0 Å². The molecule has 3 aromatic rings. The molecule has 0 aromatic carbocycles. The maximum absolute atomic E-state index is 12.7. The van der Waals surface area contributed by atoms with E-state index in [-0.39, 0.29) is 0 Å². The molecule has 3 aromatic heterocycles. The summed E-state index contributed by atoms with van der Waals surface area (Å²) >= 11 is 6.25. The number of rotatable bonds is 3. The fraction of sp³-hybridized carbons (Fsp3) is 0.222. The molecule has 6 nitrogen and oxygen atoms in total. The van der Waals surface area contributed by atoms with Crippen LogP contribution in [0.2, 0.25) is 5.02 Å². The van der Waals surface area contributed by atoms with Crippen LogP contribution in [0.4, 0.5) is 30.5 Å². The zero-order chi connectivity index (χ0) is 19.7. The minimum atomic E-state index is -4.48. The number of anilines is 3. The number of aromatic nitrogens is 4. The molecule has 1 aliphatic heterocycles. The van der Waals surface area contributed by atoms with Gasteiger partial charge in [-0.3, -0.25) is 0 Å². The highest BCUT2D eigenvalue weighted by molar-refractivity contribution is 6.32. The zero-order valence-electron chi connectivity index (χ0n) is 14.4. The van der Waals surface area contributed by atoms with Crippen molar-refractivity contribution in [2.24, 2.45) is 0 Å². The molecule has 0 unspecified atom stereocenters. The van der Waals surface area contributed by atoms with Crippen LogP contribution >= 0.6 is 11.6 Å². The Morgan fingerprint density at radius 2 is 1.93 bits per heavy atom. The van der Waals surface area contributed by atoms with Crippen molar-refractivity contribution in [1.29, 1.82) is 0 Å². The number of alkyl halides is 3. The minimum absolute atomic E-state index is 0.405. The van der Waals surface area contributed by atoms with E-state index in [1.165, 1.54) is 12.4 Å². The van der Waals surface area contributed by atoms with Gasteiger partial charge in [0.1, 0.15) is 23.7 Å². The van der Waals surface area contributed by atoms with Gasteiger partial charge < -0.3 is 10.2 Å². The predicted octanol–water partition coefficient (Wildman–Crippen LogP) is 4.25. The van der Waals surface area contributed by atoms with Crippen molar-refractivity contribution in [3.8, 4) is 0 Å². The van der Waals surface area contributed by atoms with E-state index in [4.69, 9.17) is 11.6 Å². The molecule has 0 bridgehead atoms. The van der Waals surface area contributed by atoms with Crippen molar-refractivity contribution < 1.29 is 13.2 Å². The third-order valence-corrected chi connectivity index (χ3v) is 4.65. The molecule has 4 rings (SSSR count). The summed E-state index contributed by atoms with van der Waals surface area (Å²) in [5.74, 6) is 1.18. The van der Waals surface area contributed by atoms with Gasteiger partial charge in [0.15, 0.2) is 0 Å². The first kappa shape index (κ1) is 18.4. The smallest absolute Gasteiger partial charge is 0.350 e. The molecule has 1 aliphatic rings. The third-order valence-electron chi connectivity index (χ3n) is 4.36. The quantitative estimate of drug-likeness (QED) is 0.701. The monoisotopic (exact) mass is 406 g/mol. The fourth-order valence-electron chi connectivity index (χ4n) is 3.01. The van der Waals surface area contributed by atoms with Crippen LogP contribution in [-0.4, -0.2) is 26.5 Å². The Kier molecular flexibility index (Phi) is 4.76. The summed E-state index contributed by atoms with van der Waals surface area (Å²) in [6, 6.07) is 5.78. The second kappa shape index (κ2) is 7.23. The maximum Gasteiger partial charge on any atom is 0.433 e. The summed E-state index contributed by atoms with van der Waals surface area (Å²) in [4.78, 5) is 18.4. The van der Waals surface area contributed by atoms with Gasteiger partial charge in [0.25, 0.3) is 0 Å². The Bertz CT molecular complexity index is 993. The van der Waals surface area contributed by atoms with E-state index >= 15 is 0 Å². The summed E-state index contributed by atoms with van der Waals surface area (Å²) in [6.45, 7) is 1.17. The molecule has 10 heteroatoms. The van der Waals surface area contributed by atoms with Crippen molar-refractivity contribution in [3.63, 3.8) is 0 Å². The first-order valence-corrected chi connectivity index (χ1v) is 8.78. The van der Waals surface area contributed by atoms with Gasteiger partial charge in [0.2, 0.25) is 0 Å². The van der Waals surface area contributed by atoms with Crippen molar-refractivity contribution >= 4 is 28.9 Å². The lowest BCUT2D eigenvalue weighted by atomic mass is 10.1. The molecule has 0 amide bonds. The number of fused-ring (bicyclic) bond motifs is 1. The van der Waals surface area contributed by atoms with Gasteiger partial charge in [-0.1, -0.05) is 11.6 Å². The molecule has 0 atom stereocenters. The van der Waals surface area contributed by atoms with Gasteiger partial charge in [-0.15, -0.1) is 0 Å². The first-order chi connectivity index (χ1) is 13.4. The Labute approximate surface area is 163 Å². The minimum Gasteiger partial charge on any atom is -0.350 e. The van der Waals surface area contributed by atoms with E-state index in [1.807, 2.05) is 4.90 Å². The van der Waals surface area contributed by atoms with Crippen LogP contribution in [0.3, 0.4) is 0 Å². The van der Waals surface area contributed by atoms with E-state index < -0.39 is 11.9 Å². The Hall–Kier alpha value is -2.94. The van der Waals surface area contributed by atoms with Crippen molar-refractivity contribution in [3.05, 3.63) is 65.0 Å². The van der Waals surface area contributed by atoms with Crippen molar-refractivity contribution in [2.45, 2.75) is 19.1 Å². The number of hydrogen-bond acceptors (Lipinski definition) is 6. The summed E-state index contributed by atoms with van der Waals surface area (Å²) in [7, 11) is 0. The van der Waals surface area contributed by atoms with Gasteiger partial charge in [0.05, 0.1) is 22.6 Å². The summed E-state index contributed by atoms with van der Waals surface area (Å²) < 4.78 is 38.0. The van der Waals surface area contributed by atoms with Crippen molar-refractivity contribution in [2.75, 3.05) is 16.8 Å². The lowest BCUT2D eigenvalue weighted by Crippen LogP contribution is -2.32. The van der Waals surface area contributed by atoms with Gasteiger partial charge in [-0.05, 0) is 24.3 Å². The van der Waals surface area contributed by atoms with Gasteiger partial charge in [-0.25, -0.2) is 19.9 Å². The number of halogens is 4. The number of pyridine rings is 2. The fourth-order valence-corrected chi connectivity index (χ4v) is 3.25. The largest absolute Gasteiger partial charge is 0.433 e. The normalized spacial score (nSPS) is 13.9. The van der Waals surface area contributed by atoms with E-state index in [0.717, 1.165) is 23.5 Å². The van der Waals surface area contributed by atoms with E-state index in [0.29, 0.717) is 41.9 Å². The lowest BCUT2D eigenvalue weighted by molar-refractivity contribution is -0.141. The second-order valence-corrected chi connectivity index (χ2v) is 6.59. The van der Waals surface area contributed by atoms with E-state index in [1.54, 1.807) is 18.3 Å². The Balaban J connectivity index is 1.60. The van der Waals surface area contributed by atoms with Crippen LogP contribution in [0.15, 0.2) is 43.0 Å². The summed E-state index contributed by atoms with van der Waals surface area (Å²) in [5.41, 5.74) is 1.18. The highest BCUT2D eigenvalue weighted by atomic mass is 35.5. The molecular formula is C18H14ClF3N6. The number of nitrogens with one attached hydrogen (secondary N) is 1. The van der Waals surface area contributed by atoms with Gasteiger partial charge >= 0.3 is 6.18 Å². The molecule has 0 spiro atoms. The summed E-state index contributed by atoms with van der Waals surface area (Å²) in [5, 5.41) is 3.58. The molecule has 0 aliphatic carbocycles. The average Bonchev–Trinajstić information content (AvgIpc) is 2.68. The molecule has 4 heterocycles. The topological polar surface area (TPSA) is 66.8 Å². The molecule has 0 saturated carbocycles. The molecule has 0 radical (unpaired) electrons. The molecule has 0 fully saturated rings. The zero-order valence-corrected chi connectivity index (χ0v) is 15.2. The predicted molar refractivity (Wildman–Crippen MR) is 98.6 cm³/mol. The Morgan fingerprint density at radius 3 is 2.64 bits per heavy atom. The van der Waals surface area contributed by atoms with Crippen LogP contribution in [0.5, 0.6) is 0 Å². The van der Waals surface area contributed by atoms with E-state index in [2.05, 4.69) is 25.3 Å². The highest BCUT2D eigenvalue weighted by Gasteiger charge is 2.32. The van der Waals surface area contributed by atoms with Gasteiger partial charge in [0, 0.05) is 31.3 Å². The van der Waals surface area contributed by atoms with Gasteiger partial charge in [-0.2, -0.15) is 13.2 Å². The number of hydrogen-bond donors (Lipinski definition) is 1. The maximum atomic E-state index is 12.7. The van der Waals surface area contributed by atoms with Crippen LogP contribution in [0.1, 0.15) is 17.0 Å². The average molecular weight is 407 g/mol. The Morgan fingerprint density at radius 1 is 1.07 bits per heavy atom. The molecule has 144 valence electrons. The SMILES string of the molecule is FC(F)(F)c1ccc(Nc2ncnc3c2CN(c2ncccc2Cl)CC3)cn1. The number of nitrogens with zero attached hydrogens (tertiary/aromatic N) is 5. The first-order valence-electron chi connectivity index (χ1n) is 8.40. The highest BCUT2D eigenvalue weighted by Crippen LogP contribution is 2.32. The van der Waals surface area contributed by atoms with Crippen LogP contribution < -0.4 is 10.2 Å². The van der Waals surface area contributed by atoms with E-state index in [9.17, 15) is 13.2 Å². The molecular weight excluding hydrogens is 393 g/mol. The van der Waals surface area contributed by atoms with Crippen LogP contribution in [0, 0.1) is 0 Å². The molecule has 28 heavy (non-hydrogen) atoms. The second-order valence-electron chi connectivity index (χ2n) is 6.18. The summed E-state index contributed by atoms with van der Waals surface area (Å²) in [6.07, 6.45) is 0.431. The van der Waals surface area contributed by atoms with Crippen LogP contribution in [-0.2, 0) is 19.1 Å². The molecule has 1 N–H and O–H groups in total. The lowest BCUT2D eigenvalue weighted by Gasteiger charge is -2.30. The third kappa shape index (κ3) is 3.70. The standard InChI is InChI=1S/C18H14ClF3N6/c19-13-2-1-6-23-17(13)28-7-5-14-12(9-28)16(26-10-25-14)27-11-3-4-15(24-8-11)18(20,21)22/h1-4,6,8,10H,5,7,9H2,(H,25,26,27). The van der Waals surface area contributed by atoms with Crippen molar-refractivity contribution in [1.82, 2.24) is 19.9 Å².